The van der Waals surface area contributed by atoms with E-state index in [4.69, 9.17) is 5.11 Å². The van der Waals surface area contributed by atoms with Crippen LogP contribution in [0.5, 0.6) is 0 Å². The van der Waals surface area contributed by atoms with Gasteiger partial charge in [0.2, 0.25) is 0 Å². The number of rotatable bonds is 22. The van der Waals surface area contributed by atoms with E-state index in [0.717, 1.165) is 12.8 Å². The van der Waals surface area contributed by atoms with E-state index in [-0.39, 0.29) is 6.42 Å². The smallest absolute Gasteiger partial charge is 0.309 e. The summed E-state index contributed by atoms with van der Waals surface area (Å²) in [5.41, 5.74) is -0.710. The summed E-state index contributed by atoms with van der Waals surface area (Å²) in [5.74, 6) is -0.765. The molecule has 0 spiro atoms. The van der Waals surface area contributed by atoms with Crippen molar-refractivity contribution in [2.24, 2.45) is 0 Å². The fourth-order valence-electron chi connectivity index (χ4n) is 4.53. The molecule has 0 aromatic heterocycles. The van der Waals surface area contributed by atoms with Gasteiger partial charge in [-0.1, -0.05) is 110 Å². The maximum absolute atomic E-state index is 10.8. The summed E-state index contributed by atoms with van der Waals surface area (Å²) in [6, 6.07) is 0. The molecular formula is C26H54NO3+. The second-order valence-electron chi connectivity index (χ2n) is 10.5. The predicted molar refractivity (Wildman–Crippen MR) is 129 cm³/mol. The van der Waals surface area contributed by atoms with Gasteiger partial charge in [0, 0.05) is 0 Å². The zero-order valence-corrected chi connectivity index (χ0v) is 20.9. The molecule has 0 aromatic carbocycles. The third-order valence-electron chi connectivity index (χ3n) is 6.27. The molecule has 0 aliphatic heterocycles. The molecule has 1 unspecified atom stereocenters. The van der Waals surface area contributed by atoms with E-state index < -0.39 is 11.6 Å². The van der Waals surface area contributed by atoms with E-state index in [2.05, 4.69) is 6.92 Å². The normalized spacial score (nSPS) is 14.0. The van der Waals surface area contributed by atoms with E-state index >= 15 is 0 Å². The monoisotopic (exact) mass is 428 g/mol. The summed E-state index contributed by atoms with van der Waals surface area (Å²) in [6.45, 7) is 5.35. The third kappa shape index (κ3) is 20.7. The number of likely N-dealkylation sites (N-methyl/N-ethyl adjacent to an activating group) is 1. The number of carboxylic acid groups (broad SMARTS) is 1. The lowest BCUT2D eigenvalue weighted by Gasteiger charge is -2.36. The second kappa shape index (κ2) is 18.0. The Labute approximate surface area is 188 Å². The van der Waals surface area contributed by atoms with Crippen LogP contribution in [0.1, 0.15) is 129 Å². The molecule has 0 heterocycles. The molecule has 0 aromatic rings. The summed E-state index contributed by atoms with van der Waals surface area (Å²) < 4.78 is 0.554. The van der Waals surface area contributed by atoms with Gasteiger partial charge in [0.1, 0.15) is 12.1 Å². The average molecular weight is 429 g/mol. The molecular weight excluding hydrogens is 374 g/mol. The summed E-state index contributed by atoms with van der Waals surface area (Å²) >= 11 is 0. The highest BCUT2D eigenvalue weighted by molar-refractivity contribution is 5.66. The number of aliphatic carboxylic acids is 1. The summed E-state index contributed by atoms with van der Waals surface area (Å²) in [7, 11) is 4.01. The van der Waals surface area contributed by atoms with E-state index in [9.17, 15) is 9.90 Å². The lowest BCUT2D eigenvalue weighted by atomic mass is 9.96. The van der Waals surface area contributed by atoms with Gasteiger partial charge in [0.05, 0.1) is 27.1 Å². The lowest BCUT2D eigenvalue weighted by molar-refractivity contribution is -0.896. The highest BCUT2D eigenvalue weighted by Crippen LogP contribution is 2.20. The molecule has 4 nitrogen and oxygen atoms in total. The van der Waals surface area contributed by atoms with Gasteiger partial charge < -0.3 is 14.7 Å². The number of hydrogen-bond acceptors (Lipinski definition) is 2. The van der Waals surface area contributed by atoms with Gasteiger partial charge in [0.15, 0.2) is 0 Å². The molecule has 0 rings (SSSR count). The molecule has 0 radical (unpaired) electrons. The van der Waals surface area contributed by atoms with E-state index in [0.29, 0.717) is 17.6 Å². The van der Waals surface area contributed by atoms with Gasteiger partial charge >= 0.3 is 5.97 Å². The Morgan fingerprint density at radius 2 is 1.10 bits per heavy atom. The minimum atomic E-state index is -0.765. The highest BCUT2D eigenvalue weighted by atomic mass is 16.4. The van der Waals surface area contributed by atoms with E-state index in [1.54, 1.807) is 0 Å². The summed E-state index contributed by atoms with van der Waals surface area (Å²) in [5, 5.41) is 19.5. The largest absolute Gasteiger partial charge is 0.481 e. The highest BCUT2D eigenvalue weighted by Gasteiger charge is 2.30. The Bertz CT molecular complexity index is 407. The van der Waals surface area contributed by atoms with Gasteiger partial charge in [-0.05, 0) is 13.3 Å². The molecule has 0 fully saturated rings. The number of hydrogen-bond donors (Lipinski definition) is 2. The molecule has 0 saturated heterocycles. The van der Waals surface area contributed by atoms with Gasteiger partial charge in [-0.2, -0.15) is 0 Å². The van der Waals surface area contributed by atoms with Gasteiger partial charge in [-0.15, -0.1) is 0 Å². The average Bonchev–Trinajstić information content (AvgIpc) is 2.65. The zero-order valence-electron chi connectivity index (χ0n) is 20.9. The molecule has 0 amide bonds. The van der Waals surface area contributed by atoms with Crippen LogP contribution in [-0.4, -0.2) is 53.5 Å². The maximum atomic E-state index is 10.8. The quantitative estimate of drug-likeness (QED) is 0.145. The molecule has 2 N–H and O–H groups in total. The maximum Gasteiger partial charge on any atom is 0.309 e. The first-order chi connectivity index (χ1) is 14.2. The SMILES string of the molecule is CCCCCCCCCCCCCCCCCCC(C)(O)C[N+](C)(C)CCC(=O)O. The van der Waals surface area contributed by atoms with Crippen molar-refractivity contribution in [3.63, 3.8) is 0 Å². The fourth-order valence-corrected chi connectivity index (χ4v) is 4.53. The Morgan fingerprint density at radius 3 is 1.47 bits per heavy atom. The van der Waals surface area contributed by atoms with Crippen molar-refractivity contribution in [1.29, 1.82) is 0 Å². The molecule has 1 atom stereocenters. The Balaban J connectivity index is 3.48. The van der Waals surface area contributed by atoms with Gasteiger partial charge in [0.25, 0.3) is 0 Å². The summed E-state index contributed by atoms with van der Waals surface area (Å²) in [6.07, 6.45) is 22.7. The van der Waals surface area contributed by atoms with Crippen LogP contribution in [-0.2, 0) is 4.79 Å². The van der Waals surface area contributed by atoms with Crippen molar-refractivity contribution in [2.75, 3.05) is 27.2 Å². The number of quaternary nitrogens is 1. The second-order valence-corrected chi connectivity index (χ2v) is 10.5. The number of carbonyl (C=O) groups is 1. The first-order valence-corrected chi connectivity index (χ1v) is 12.9. The molecule has 0 aliphatic rings. The Hall–Kier alpha value is -0.610. The van der Waals surface area contributed by atoms with Crippen LogP contribution in [0.25, 0.3) is 0 Å². The van der Waals surface area contributed by atoms with Crippen molar-refractivity contribution >= 4 is 5.97 Å². The van der Waals surface area contributed by atoms with Crippen LogP contribution in [0.4, 0.5) is 0 Å². The molecule has 4 heteroatoms. The number of unbranched alkanes of at least 4 members (excludes halogenated alkanes) is 15. The Morgan fingerprint density at radius 1 is 0.733 bits per heavy atom. The van der Waals surface area contributed by atoms with Crippen LogP contribution in [0, 0.1) is 0 Å². The van der Waals surface area contributed by atoms with Crippen molar-refractivity contribution in [3.05, 3.63) is 0 Å². The summed E-state index contributed by atoms with van der Waals surface area (Å²) in [4.78, 5) is 10.8. The van der Waals surface area contributed by atoms with Crippen LogP contribution in [0.2, 0.25) is 0 Å². The fraction of sp³-hybridized carbons (Fsp3) is 0.962. The van der Waals surface area contributed by atoms with Crippen LogP contribution >= 0.6 is 0 Å². The molecule has 180 valence electrons. The van der Waals surface area contributed by atoms with Crippen molar-refractivity contribution in [3.8, 4) is 0 Å². The minimum Gasteiger partial charge on any atom is -0.481 e. The van der Waals surface area contributed by atoms with Crippen molar-refractivity contribution < 1.29 is 19.5 Å². The van der Waals surface area contributed by atoms with Crippen molar-refractivity contribution in [2.45, 2.75) is 135 Å². The Kier molecular flexibility index (Phi) is 17.6. The first kappa shape index (κ1) is 29.4. The molecule has 0 aliphatic carbocycles. The molecule has 0 bridgehead atoms. The van der Waals surface area contributed by atoms with Gasteiger partial charge in [-0.3, -0.25) is 4.79 Å². The zero-order chi connectivity index (χ0) is 22.7. The van der Waals surface area contributed by atoms with Crippen LogP contribution in [0.3, 0.4) is 0 Å². The van der Waals surface area contributed by atoms with E-state index in [1.807, 2.05) is 21.0 Å². The van der Waals surface area contributed by atoms with E-state index in [1.165, 1.54) is 96.3 Å². The molecule has 0 saturated carbocycles. The lowest BCUT2D eigenvalue weighted by Crippen LogP contribution is -2.51. The third-order valence-corrected chi connectivity index (χ3v) is 6.27. The van der Waals surface area contributed by atoms with Crippen LogP contribution in [0.15, 0.2) is 0 Å². The van der Waals surface area contributed by atoms with Crippen molar-refractivity contribution in [1.82, 2.24) is 0 Å². The number of nitrogens with zero attached hydrogens (tertiary/aromatic N) is 1. The molecule has 30 heavy (non-hydrogen) atoms. The predicted octanol–water partition coefficient (Wildman–Crippen LogP) is 6.94. The number of carboxylic acids is 1. The minimum absolute atomic E-state index is 0.155. The van der Waals surface area contributed by atoms with Gasteiger partial charge in [-0.25, -0.2) is 0 Å². The topological polar surface area (TPSA) is 57.5 Å². The standard InChI is InChI=1S/C26H53NO3/c1-5-6-7-8-9-10-11-12-13-14-15-16-17-18-19-20-22-26(2,30)24-27(3,4)23-21-25(28)29/h30H,5-24H2,1-4H3/p+1. The first-order valence-electron chi connectivity index (χ1n) is 12.9. The number of aliphatic hydroxyl groups is 1. The van der Waals surface area contributed by atoms with Crippen LogP contribution < -0.4 is 0 Å².